The van der Waals surface area contributed by atoms with Gasteiger partial charge >= 0.3 is 6.09 Å². The van der Waals surface area contributed by atoms with Crippen LogP contribution in [0.3, 0.4) is 0 Å². The number of hydrogen-bond acceptors (Lipinski definition) is 7. The first-order valence-electron chi connectivity index (χ1n) is 11.8. The highest BCUT2D eigenvalue weighted by Gasteiger charge is 2.30. The summed E-state index contributed by atoms with van der Waals surface area (Å²) in [6.07, 6.45) is 3.81. The van der Waals surface area contributed by atoms with E-state index in [2.05, 4.69) is 15.6 Å². The van der Waals surface area contributed by atoms with Crippen LogP contribution in [0.5, 0.6) is 0 Å². The van der Waals surface area contributed by atoms with Crippen LogP contribution in [0.15, 0.2) is 54.7 Å². The summed E-state index contributed by atoms with van der Waals surface area (Å²) in [5.41, 5.74) is 0.977. The van der Waals surface area contributed by atoms with Crippen LogP contribution in [0.2, 0.25) is 0 Å². The van der Waals surface area contributed by atoms with Crippen molar-refractivity contribution in [2.75, 3.05) is 25.1 Å². The van der Waals surface area contributed by atoms with E-state index in [0.29, 0.717) is 25.1 Å². The van der Waals surface area contributed by atoms with Gasteiger partial charge in [-0.2, -0.15) is 11.8 Å². The summed E-state index contributed by atoms with van der Waals surface area (Å²) in [6.45, 7) is 5.37. The Labute approximate surface area is 217 Å². The molecule has 2 N–H and O–H groups in total. The van der Waals surface area contributed by atoms with Gasteiger partial charge in [-0.15, -0.1) is 0 Å². The van der Waals surface area contributed by atoms with Crippen LogP contribution >= 0.6 is 11.8 Å². The number of ether oxygens (including phenoxy) is 1. The number of amides is 3. The minimum Gasteiger partial charge on any atom is -0.444 e. The van der Waals surface area contributed by atoms with Gasteiger partial charge in [0.05, 0.1) is 0 Å². The summed E-state index contributed by atoms with van der Waals surface area (Å²) in [5.74, 6) is -0.284. The van der Waals surface area contributed by atoms with E-state index in [0.717, 1.165) is 16.3 Å². The summed E-state index contributed by atoms with van der Waals surface area (Å²) in [7, 11) is 0. The molecule has 3 amide bonds. The minimum absolute atomic E-state index is 0.0927. The average Bonchev–Trinajstić information content (AvgIpc) is 2.84. The Balaban J connectivity index is 2.08. The number of nitrogens with zero attached hydrogens (tertiary/aromatic N) is 2. The van der Waals surface area contributed by atoms with Crippen LogP contribution in [0.4, 0.5) is 4.79 Å². The zero-order valence-corrected chi connectivity index (χ0v) is 22.2. The molecule has 0 aliphatic heterocycles. The Morgan fingerprint density at radius 3 is 2.44 bits per heavy atom. The molecule has 0 saturated heterocycles. The molecule has 0 unspecified atom stereocenters. The predicted molar refractivity (Wildman–Crippen MR) is 140 cm³/mol. The van der Waals surface area contributed by atoms with E-state index >= 15 is 0 Å². The monoisotopic (exact) mass is 516 g/mol. The first kappa shape index (κ1) is 29.1. The molecule has 0 aliphatic carbocycles. The van der Waals surface area contributed by atoms with Crippen molar-refractivity contribution in [2.45, 2.75) is 51.9 Å². The Morgan fingerprint density at radius 1 is 1.08 bits per heavy atom. The fourth-order valence-corrected chi connectivity index (χ4v) is 3.56. The highest BCUT2D eigenvalue weighted by molar-refractivity contribution is 7.98. The number of benzene rings is 1. The van der Waals surface area contributed by atoms with Gasteiger partial charge in [0.2, 0.25) is 5.91 Å². The number of carbonyl (C=O) groups excluding carboxylic acids is 3. The summed E-state index contributed by atoms with van der Waals surface area (Å²) in [4.78, 5) is 48.5. The number of thioether (sulfide) groups is 1. The van der Waals surface area contributed by atoms with Crippen LogP contribution in [-0.4, -0.2) is 64.7 Å². The second-order valence-corrected chi connectivity index (χ2v) is 10.0. The number of alkyl carbamates (subject to hydrolysis) is 1. The van der Waals surface area contributed by atoms with Crippen molar-refractivity contribution >= 4 is 29.7 Å². The van der Waals surface area contributed by atoms with Crippen molar-refractivity contribution in [3.63, 3.8) is 0 Å². The van der Waals surface area contributed by atoms with Crippen LogP contribution in [-0.2, 0) is 32.2 Å². The number of nitrogens with one attached hydrogen (secondary N) is 2. The third-order valence-electron chi connectivity index (χ3n) is 4.79. The molecular weight excluding hydrogens is 480 g/mol. The van der Waals surface area contributed by atoms with Gasteiger partial charge < -0.3 is 15.4 Å². The SMILES string of the molecule is CSCC[C@H](NC(=O)OC(C)(C)C)C(=O)N(CC(=O)NCCc1ccccn1)OCc1ccccc1. The van der Waals surface area contributed by atoms with E-state index in [-0.39, 0.29) is 19.1 Å². The first-order chi connectivity index (χ1) is 17.2. The molecule has 0 fully saturated rings. The van der Waals surface area contributed by atoms with Gasteiger partial charge in [-0.3, -0.25) is 19.4 Å². The zero-order valence-electron chi connectivity index (χ0n) is 21.4. The van der Waals surface area contributed by atoms with Gasteiger partial charge in [0.1, 0.15) is 24.8 Å². The molecule has 2 rings (SSSR count). The molecule has 0 bridgehead atoms. The molecular formula is C26H36N4O5S. The van der Waals surface area contributed by atoms with Crippen LogP contribution < -0.4 is 10.6 Å². The number of aromatic nitrogens is 1. The van der Waals surface area contributed by atoms with Gasteiger partial charge in [-0.05, 0) is 56.9 Å². The van der Waals surface area contributed by atoms with Crippen LogP contribution in [0.25, 0.3) is 0 Å². The Kier molecular flexibility index (Phi) is 12.2. The third-order valence-corrected chi connectivity index (χ3v) is 5.44. The van der Waals surface area contributed by atoms with Gasteiger partial charge in [0.15, 0.2) is 0 Å². The second kappa shape index (κ2) is 15.1. The maximum atomic E-state index is 13.4. The summed E-state index contributed by atoms with van der Waals surface area (Å²) in [6, 6.07) is 14.0. The molecule has 0 saturated carbocycles. The van der Waals surface area contributed by atoms with Crippen molar-refractivity contribution in [3.05, 3.63) is 66.0 Å². The largest absolute Gasteiger partial charge is 0.444 e. The number of hydrogen-bond donors (Lipinski definition) is 2. The van der Waals surface area contributed by atoms with E-state index in [9.17, 15) is 14.4 Å². The van der Waals surface area contributed by atoms with Crippen molar-refractivity contribution in [3.8, 4) is 0 Å². The standard InChI is InChI=1S/C26H36N4O5S/c1-26(2,3)35-25(33)29-22(14-17-36-4)24(32)30(34-19-20-10-6-5-7-11-20)18-23(31)28-16-13-21-12-8-9-15-27-21/h5-12,15,22H,13-14,16-19H2,1-4H3,(H,28,31)(H,29,33)/t22-/m0/s1. The predicted octanol–water partition coefficient (Wildman–Crippen LogP) is 3.35. The molecule has 36 heavy (non-hydrogen) atoms. The van der Waals surface area contributed by atoms with E-state index in [1.54, 1.807) is 38.7 Å². The van der Waals surface area contributed by atoms with Crippen molar-refractivity contribution in [1.29, 1.82) is 0 Å². The molecule has 1 aromatic carbocycles. The van der Waals surface area contributed by atoms with Crippen molar-refractivity contribution in [2.24, 2.45) is 0 Å². The fourth-order valence-electron chi connectivity index (χ4n) is 3.09. The lowest BCUT2D eigenvalue weighted by Gasteiger charge is -2.28. The Hall–Kier alpha value is -3.11. The summed E-state index contributed by atoms with van der Waals surface area (Å²) < 4.78 is 5.33. The van der Waals surface area contributed by atoms with Gasteiger partial charge in [-0.1, -0.05) is 36.4 Å². The van der Waals surface area contributed by atoms with Crippen molar-refractivity contribution in [1.82, 2.24) is 20.7 Å². The van der Waals surface area contributed by atoms with Gasteiger partial charge in [-0.25, -0.2) is 9.86 Å². The molecule has 10 heteroatoms. The number of pyridine rings is 1. The lowest BCUT2D eigenvalue weighted by molar-refractivity contribution is -0.195. The lowest BCUT2D eigenvalue weighted by atomic mass is 10.2. The van der Waals surface area contributed by atoms with E-state index in [1.165, 1.54) is 0 Å². The first-order valence-corrected chi connectivity index (χ1v) is 13.2. The molecule has 196 valence electrons. The molecule has 1 aromatic heterocycles. The average molecular weight is 517 g/mol. The molecule has 1 heterocycles. The summed E-state index contributed by atoms with van der Waals surface area (Å²) >= 11 is 1.54. The minimum atomic E-state index is -0.913. The molecule has 9 nitrogen and oxygen atoms in total. The Morgan fingerprint density at radius 2 is 1.81 bits per heavy atom. The highest BCUT2D eigenvalue weighted by atomic mass is 32.2. The van der Waals surface area contributed by atoms with Gasteiger partial charge in [0.25, 0.3) is 5.91 Å². The maximum absolute atomic E-state index is 13.4. The lowest BCUT2D eigenvalue weighted by Crippen LogP contribution is -2.52. The smallest absolute Gasteiger partial charge is 0.408 e. The topological polar surface area (TPSA) is 110 Å². The zero-order chi connectivity index (χ0) is 26.4. The molecule has 0 spiro atoms. The van der Waals surface area contributed by atoms with Crippen LogP contribution in [0.1, 0.15) is 38.4 Å². The van der Waals surface area contributed by atoms with E-state index in [1.807, 2.05) is 54.8 Å². The highest BCUT2D eigenvalue weighted by Crippen LogP contribution is 2.11. The van der Waals surface area contributed by atoms with E-state index in [4.69, 9.17) is 9.57 Å². The molecule has 0 radical (unpaired) electrons. The number of hydroxylamine groups is 2. The molecule has 1 atom stereocenters. The van der Waals surface area contributed by atoms with Crippen LogP contribution in [0, 0.1) is 0 Å². The Bertz CT molecular complexity index is 954. The van der Waals surface area contributed by atoms with Gasteiger partial charge in [0, 0.05) is 24.9 Å². The van der Waals surface area contributed by atoms with E-state index < -0.39 is 23.6 Å². The fraction of sp³-hybridized carbons (Fsp3) is 0.462. The molecule has 0 aliphatic rings. The second-order valence-electron chi connectivity index (χ2n) is 9.04. The normalized spacial score (nSPS) is 11.9. The third kappa shape index (κ3) is 11.5. The number of carbonyl (C=O) groups is 3. The number of rotatable bonds is 13. The molecule has 2 aromatic rings. The van der Waals surface area contributed by atoms with Crippen molar-refractivity contribution < 1.29 is 24.0 Å². The quantitative estimate of drug-likeness (QED) is 0.393. The maximum Gasteiger partial charge on any atom is 0.408 e. The summed E-state index contributed by atoms with van der Waals surface area (Å²) in [5, 5.41) is 6.46.